The summed E-state index contributed by atoms with van der Waals surface area (Å²) in [6.45, 7) is 2.13. The summed E-state index contributed by atoms with van der Waals surface area (Å²) in [6.07, 6.45) is -0.322. The molecule has 1 aliphatic carbocycles. The van der Waals surface area contributed by atoms with Crippen LogP contribution in [-0.2, 0) is 5.41 Å². The van der Waals surface area contributed by atoms with Gasteiger partial charge in [0.2, 0.25) is 0 Å². The third-order valence-electron chi connectivity index (χ3n) is 10.5. The number of hydrogen-bond donors (Lipinski definition) is 1. The number of benzene rings is 7. The van der Waals surface area contributed by atoms with E-state index in [9.17, 15) is 0 Å². The molecular formula is C47H33N3O. The summed E-state index contributed by atoms with van der Waals surface area (Å²) < 4.78 is 6.80. The van der Waals surface area contributed by atoms with E-state index in [0.717, 1.165) is 45.2 Å². The second-order valence-electron chi connectivity index (χ2n) is 13.5. The zero-order valence-corrected chi connectivity index (χ0v) is 28.0. The molecule has 1 atom stereocenters. The summed E-state index contributed by atoms with van der Waals surface area (Å²) in [7, 11) is 0. The minimum atomic E-state index is -0.504. The van der Waals surface area contributed by atoms with E-state index in [4.69, 9.17) is 14.7 Å². The lowest BCUT2D eigenvalue weighted by Gasteiger charge is -2.39. The largest absolute Gasteiger partial charge is 0.457 e. The molecule has 0 saturated heterocycles. The third-order valence-corrected chi connectivity index (χ3v) is 10.5. The molecule has 51 heavy (non-hydrogen) atoms. The summed E-state index contributed by atoms with van der Waals surface area (Å²) in [6, 6.07) is 60.1. The van der Waals surface area contributed by atoms with Gasteiger partial charge in [0.25, 0.3) is 0 Å². The van der Waals surface area contributed by atoms with Crippen LogP contribution >= 0.6 is 0 Å². The second kappa shape index (κ2) is 11.5. The highest BCUT2D eigenvalue weighted by Crippen LogP contribution is 2.62. The van der Waals surface area contributed by atoms with Gasteiger partial charge in [-0.2, -0.15) is 0 Å². The highest BCUT2D eigenvalue weighted by atomic mass is 16.5. The first-order chi connectivity index (χ1) is 25.2. The Morgan fingerprint density at radius 2 is 1.14 bits per heavy atom. The molecule has 3 aliphatic rings. The standard InChI is InChI=1S/C47H33N3O/c1-30-12-11-15-34(28-30)31-22-24-33(25-23-31)45-48-44(32-13-3-2-4-14-32)49-46(50-45)35-26-27-41-43(29-35)51-42-21-10-9-20-40(42)47(41)38-18-7-5-16-36(38)37-17-6-8-19-39(37)47/h2-29,45H,1H3,(H,48,49,50). The molecule has 2 heterocycles. The molecule has 0 saturated carbocycles. The smallest absolute Gasteiger partial charge is 0.159 e. The molecule has 10 rings (SSSR count). The van der Waals surface area contributed by atoms with E-state index in [2.05, 4.69) is 164 Å². The fourth-order valence-corrected chi connectivity index (χ4v) is 8.17. The Balaban J connectivity index is 1.10. The van der Waals surface area contributed by atoms with Crippen molar-refractivity contribution in [1.82, 2.24) is 5.32 Å². The summed E-state index contributed by atoms with van der Waals surface area (Å²) in [5.74, 6) is 3.13. The van der Waals surface area contributed by atoms with E-state index in [1.807, 2.05) is 18.2 Å². The normalized spacial score (nSPS) is 16.1. The van der Waals surface area contributed by atoms with Gasteiger partial charge in [0, 0.05) is 22.3 Å². The van der Waals surface area contributed by atoms with Gasteiger partial charge < -0.3 is 10.1 Å². The van der Waals surface area contributed by atoms with Crippen molar-refractivity contribution in [3.8, 4) is 33.8 Å². The Labute approximate surface area is 297 Å². The Kier molecular flexibility index (Phi) is 6.65. The maximum Gasteiger partial charge on any atom is 0.159 e. The zero-order chi connectivity index (χ0) is 33.9. The van der Waals surface area contributed by atoms with Crippen LogP contribution < -0.4 is 10.1 Å². The molecule has 0 aromatic heterocycles. The number of nitrogens with zero attached hydrogens (tertiary/aromatic N) is 2. The number of rotatable bonds is 4. The highest BCUT2D eigenvalue weighted by Gasteiger charge is 2.51. The molecular weight excluding hydrogens is 623 g/mol. The van der Waals surface area contributed by atoms with Gasteiger partial charge in [0.15, 0.2) is 5.84 Å². The maximum absolute atomic E-state index is 6.80. The van der Waals surface area contributed by atoms with Crippen molar-refractivity contribution in [2.24, 2.45) is 9.98 Å². The third kappa shape index (κ3) is 4.60. The first-order valence-electron chi connectivity index (χ1n) is 17.4. The number of hydrogen-bond acceptors (Lipinski definition) is 4. The van der Waals surface area contributed by atoms with Crippen LogP contribution in [0.5, 0.6) is 11.5 Å². The molecule has 0 amide bonds. The van der Waals surface area contributed by atoms with Gasteiger partial charge in [0.1, 0.15) is 23.5 Å². The van der Waals surface area contributed by atoms with Crippen LogP contribution in [-0.4, -0.2) is 11.7 Å². The molecule has 242 valence electrons. The molecule has 7 aromatic rings. The van der Waals surface area contributed by atoms with Gasteiger partial charge in [-0.05, 0) is 58.0 Å². The number of ether oxygens (including phenoxy) is 1. The molecule has 0 radical (unpaired) electrons. The van der Waals surface area contributed by atoms with Crippen molar-refractivity contribution >= 4 is 11.7 Å². The highest BCUT2D eigenvalue weighted by molar-refractivity contribution is 6.13. The van der Waals surface area contributed by atoms with Gasteiger partial charge in [-0.15, -0.1) is 0 Å². The average Bonchev–Trinajstić information content (AvgIpc) is 3.49. The van der Waals surface area contributed by atoms with Crippen molar-refractivity contribution in [2.45, 2.75) is 18.5 Å². The second-order valence-corrected chi connectivity index (χ2v) is 13.5. The first kappa shape index (κ1) is 29.4. The van der Waals surface area contributed by atoms with E-state index in [1.165, 1.54) is 38.9 Å². The average molecular weight is 656 g/mol. The monoisotopic (exact) mass is 655 g/mol. The maximum atomic E-state index is 6.80. The van der Waals surface area contributed by atoms with Gasteiger partial charge in [-0.1, -0.05) is 163 Å². The van der Waals surface area contributed by atoms with Crippen LogP contribution in [0, 0.1) is 6.92 Å². The predicted octanol–water partition coefficient (Wildman–Crippen LogP) is 10.6. The predicted molar refractivity (Wildman–Crippen MR) is 206 cm³/mol. The summed E-state index contributed by atoms with van der Waals surface area (Å²) in [5.41, 5.74) is 13.4. The lowest BCUT2D eigenvalue weighted by molar-refractivity contribution is 0.436. The van der Waals surface area contributed by atoms with Crippen molar-refractivity contribution in [1.29, 1.82) is 0 Å². The van der Waals surface area contributed by atoms with Crippen LogP contribution in [0.4, 0.5) is 0 Å². The van der Waals surface area contributed by atoms with Crippen LogP contribution in [0.25, 0.3) is 22.3 Å². The van der Waals surface area contributed by atoms with Gasteiger partial charge >= 0.3 is 0 Å². The minimum Gasteiger partial charge on any atom is -0.457 e. The molecule has 2 aliphatic heterocycles. The SMILES string of the molecule is Cc1cccc(-c2ccc(C3N=C(c4ccccc4)N=C(c4ccc5c(c4)Oc4ccccc4C54c5ccccc5-c5ccccc54)N3)cc2)c1. The van der Waals surface area contributed by atoms with Crippen molar-refractivity contribution in [3.63, 3.8) is 0 Å². The Morgan fingerprint density at radius 1 is 0.510 bits per heavy atom. The molecule has 1 N–H and O–H groups in total. The molecule has 1 spiro atoms. The van der Waals surface area contributed by atoms with E-state index in [1.54, 1.807) is 0 Å². The molecule has 0 fully saturated rings. The van der Waals surface area contributed by atoms with Crippen LogP contribution in [0.1, 0.15) is 50.7 Å². The molecule has 0 bridgehead atoms. The number of aryl methyl sites for hydroxylation is 1. The first-order valence-corrected chi connectivity index (χ1v) is 17.4. The van der Waals surface area contributed by atoms with Gasteiger partial charge in [-0.3, -0.25) is 0 Å². The van der Waals surface area contributed by atoms with Crippen molar-refractivity contribution in [3.05, 3.63) is 214 Å². The Bertz CT molecular complexity index is 2500. The topological polar surface area (TPSA) is 46.0 Å². The lowest BCUT2D eigenvalue weighted by Crippen LogP contribution is -2.34. The summed E-state index contributed by atoms with van der Waals surface area (Å²) in [5, 5.41) is 3.68. The van der Waals surface area contributed by atoms with Gasteiger partial charge in [-0.25, -0.2) is 9.98 Å². The molecule has 4 nitrogen and oxygen atoms in total. The Morgan fingerprint density at radius 3 is 1.88 bits per heavy atom. The summed E-state index contributed by atoms with van der Waals surface area (Å²) >= 11 is 0. The van der Waals surface area contributed by atoms with E-state index >= 15 is 0 Å². The van der Waals surface area contributed by atoms with Crippen LogP contribution in [0.15, 0.2) is 180 Å². The zero-order valence-electron chi connectivity index (χ0n) is 28.0. The van der Waals surface area contributed by atoms with E-state index < -0.39 is 5.41 Å². The van der Waals surface area contributed by atoms with Crippen LogP contribution in [0.2, 0.25) is 0 Å². The minimum absolute atomic E-state index is 0.322. The number of amidine groups is 2. The quantitative estimate of drug-likeness (QED) is 0.205. The summed E-state index contributed by atoms with van der Waals surface area (Å²) in [4.78, 5) is 10.3. The number of aliphatic imine (C=N–C) groups is 2. The molecule has 4 heteroatoms. The number of para-hydroxylation sites is 1. The fourth-order valence-electron chi connectivity index (χ4n) is 8.17. The number of fused-ring (bicyclic) bond motifs is 9. The van der Waals surface area contributed by atoms with Crippen molar-refractivity contribution < 1.29 is 4.74 Å². The van der Waals surface area contributed by atoms with Crippen molar-refractivity contribution in [2.75, 3.05) is 0 Å². The van der Waals surface area contributed by atoms with E-state index in [-0.39, 0.29) is 6.17 Å². The Hall–Kier alpha value is -6.52. The van der Waals surface area contributed by atoms with E-state index in [0.29, 0.717) is 5.84 Å². The van der Waals surface area contributed by atoms with Crippen LogP contribution in [0.3, 0.4) is 0 Å². The fraction of sp³-hybridized carbons (Fsp3) is 0.0638. The number of nitrogens with one attached hydrogen (secondary N) is 1. The molecule has 1 unspecified atom stereocenters. The molecule has 7 aromatic carbocycles. The van der Waals surface area contributed by atoms with Gasteiger partial charge in [0.05, 0.1) is 5.41 Å². The lowest BCUT2D eigenvalue weighted by atomic mass is 9.66.